The van der Waals surface area contributed by atoms with Crippen molar-refractivity contribution >= 4 is 34.5 Å². The molecule has 5 aromatic rings. The summed E-state index contributed by atoms with van der Waals surface area (Å²) in [5, 5.41) is 9.33. The number of carbonyl (C=O) groups excluding carboxylic acids is 1. The van der Waals surface area contributed by atoms with Crippen molar-refractivity contribution in [2.24, 2.45) is 0 Å². The fraction of sp³-hybridized carbons (Fsp3) is 0.194. The van der Waals surface area contributed by atoms with Gasteiger partial charge in [-0.2, -0.15) is 13.2 Å². The van der Waals surface area contributed by atoms with Crippen LogP contribution in [-0.4, -0.2) is 58.9 Å². The zero-order chi connectivity index (χ0) is 32.8. The Morgan fingerprint density at radius 1 is 0.766 bits per heavy atom. The molecular formula is C36H34F3N7O. The van der Waals surface area contributed by atoms with E-state index in [9.17, 15) is 18.0 Å². The zero-order valence-corrected chi connectivity index (χ0v) is 25.8. The van der Waals surface area contributed by atoms with Crippen LogP contribution in [0.5, 0.6) is 0 Å². The number of anilines is 5. The minimum atomic E-state index is -4.45. The molecule has 1 aliphatic heterocycles. The number of carbonyl (C=O) groups is 1. The molecule has 1 amide bonds. The summed E-state index contributed by atoms with van der Waals surface area (Å²) in [5.41, 5.74) is 4.72. The number of nitrogens with one attached hydrogen (secondary N) is 3. The predicted molar refractivity (Wildman–Crippen MR) is 179 cm³/mol. The van der Waals surface area contributed by atoms with Gasteiger partial charge in [0.1, 0.15) is 12.1 Å². The summed E-state index contributed by atoms with van der Waals surface area (Å²) in [6, 6.07) is 29.3. The number of nitrogens with zero attached hydrogens (tertiary/aromatic N) is 4. The molecule has 6 rings (SSSR count). The average molecular weight is 638 g/mol. The van der Waals surface area contributed by atoms with Crippen LogP contribution in [0.25, 0.3) is 11.3 Å². The summed E-state index contributed by atoms with van der Waals surface area (Å²) in [4.78, 5) is 26.4. The van der Waals surface area contributed by atoms with E-state index in [1.807, 2.05) is 72.8 Å². The van der Waals surface area contributed by atoms with Gasteiger partial charge >= 0.3 is 6.18 Å². The van der Waals surface area contributed by atoms with Crippen molar-refractivity contribution < 1.29 is 18.0 Å². The second-order valence-corrected chi connectivity index (χ2v) is 11.5. The third kappa shape index (κ3) is 8.32. The second-order valence-electron chi connectivity index (χ2n) is 11.5. The molecule has 0 spiro atoms. The normalized spacial score (nSPS) is 14.0. The Bertz CT molecular complexity index is 1840. The Kier molecular flexibility index (Phi) is 9.46. The summed E-state index contributed by atoms with van der Waals surface area (Å²) < 4.78 is 39.6. The molecule has 0 atom stereocenters. The highest BCUT2D eigenvalue weighted by Crippen LogP contribution is 2.33. The lowest BCUT2D eigenvalue weighted by molar-refractivity contribution is -0.137. The first-order chi connectivity index (χ1) is 22.7. The van der Waals surface area contributed by atoms with E-state index in [0.29, 0.717) is 22.8 Å². The van der Waals surface area contributed by atoms with Crippen LogP contribution in [0.1, 0.15) is 21.5 Å². The predicted octanol–water partition coefficient (Wildman–Crippen LogP) is 7.65. The van der Waals surface area contributed by atoms with Crippen molar-refractivity contribution in [1.29, 1.82) is 0 Å². The SMILES string of the molecule is CN1CCN(Cc2ccc(C(=O)Nc3cccc(Nc4ccccc4-c4cc(Nc5cccc(C(F)(F)F)c5)ncn4)c3)cc2)CC1. The number of halogens is 3. The molecule has 1 aromatic heterocycles. The highest BCUT2D eigenvalue weighted by Gasteiger charge is 2.30. The van der Waals surface area contributed by atoms with Gasteiger partial charge < -0.3 is 20.9 Å². The molecule has 2 heterocycles. The number of para-hydroxylation sites is 1. The highest BCUT2D eigenvalue weighted by atomic mass is 19.4. The van der Waals surface area contributed by atoms with E-state index >= 15 is 0 Å². The molecule has 0 unspecified atom stereocenters. The Hall–Kier alpha value is -5.26. The van der Waals surface area contributed by atoms with Crippen molar-refractivity contribution in [2.45, 2.75) is 12.7 Å². The number of rotatable bonds is 9. The minimum Gasteiger partial charge on any atom is -0.355 e. The van der Waals surface area contributed by atoms with E-state index in [4.69, 9.17) is 0 Å². The van der Waals surface area contributed by atoms with Gasteiger partial charge in [0, 0.05) is 72.7 Å². The van der Waals surface area contributed by atoms with Crippen molar-refractivity contribution in [3.63, 3.8) is 0 Å². The number of likely N-dealkylation sites (N-methyl/N-ethyl adjacent to an activating group) is 1. The number of alkyl halides is 3. The van der Waals surface area contributed by atoms with E-state index < -0.39 is 11.7 Å². The molecular weight excluding hydrogens is 603 g/mol. The van der Waals surface area contributed by atoms with Crippen LogP contribution in [0.4, 0.5) is 41.7 Å². The third-order valence-corrected chi connectivity index (χ3v) is 7.95. The van der Waals surface area contributed by atoms with E-state index in [0.717, 1.165) is 61.8 Å². The van der Waals surface area contributed by atoms with E-state index in [-0.39, 0.29) is 11.6 Å². The van der Waals surface area contributed by atoms with E-state index in [1.165, 1.54) is 18.0 Å². The first-order valence-electron chi connectivity index (χ1n) is 15.2. The maximum absolute atomic E-state index is 13.2. The number of piperazine rings is 1. The van der Waals surface area contributed by atoms with E-state index in [2.05, 4.69) is 42.8 Å². The lowest BCUT2D eigenvalue weighted by Crippen LogP contribution is -2.43. The molecule has 47 heavy (non-hydrogen) atoms. The molecule has 1 saturated heterocycles. The van der Waals surface area contributed by atoms with Crippen LogP contribution in [0.15, 0.2) is 109 Å². The standard InChI is InChI=1S/C36H34F3N7O/c1-45-16-18-46(19-17-45)23-25-12-14-26(15-13-25)35(47)44-30-9-5-8-29(21-30)42-32-11-3-2-10-31(32)33-22-34(41-24-40-33)43-28-7-4-6-27(20-28)36(37,38)39/h2-15,20-22,24,42H,16-19,23H2,1H3,(H,44,47)(H,40,41,43). The van der Waals surface area contributed by atoms with E-state index in [1.54, 1.807) is 12.1 Å². The van der Waals surface area contributed by atoms with Gasteiger partial charge in [-0.05, 0) is 67.2 Å². The largest absolute Gasteiger partial charge is 0.416 e. The monoisotopic (exact) mass is 637 g/mol. The van der Waals surface area contributed by atoms with Gasteiger partial charge in [-0.3, -0.25) is 9.69 Å². The maximum atomic E-state index is 13.2. The number of hydrogen-bond acceptors (Lipinski definition) is 7. The quantitative estimate of drug-likeness (QED) is 0.153. The number of amides is 1. The Morgan fingerprint density at radius 2 is 1.47 bits per heavy atom. The van der Waals surface area contributed by atoms with Crippen molar-refractivity contribution in [1.82, 2.24) is 19.8 Å². The summed E-state index contributed by atoms with van der Waals surface area (Å²) in [7, 11) is 2.14. The minimum absolute atomic E-state index is 0.199. The lowest BCUT2D eigenvalue weighted by Gasteiger charge is -2.32. The molecule has 1 aliphatic rings. The molecule has 11 heteroatoms. The zero-order valence-electron chi connectivity index (χ0n) is 25.8. The molecule has 0 radical (unpaired) electrons. The molecule has 1 fully saturated rings. The first-order valence-corrected chi connectivity index (χ1v) is 15.2. The van der Waals surface area contributed by atoms with Gasteiger partial charge in [0.2, 0.25) is 0 Å². The lowest BCUT2D eigenvalue weighted by atomic mass is 10.1. The van der Waals surface area contributed by atoms with Crippen LogP contribution in [-0.2, 0) is 12.7 Å². The molecule has 8 nitrogen and oxygen atoms in total. The summed E-state index contributed by atoms with van der Waals surface area (Å²) >= 11 is 0. The smallest absolute Gasteiger partial charge is 0.355 e. The Balaban J connectivity index is 1.12. The maximum Gasteiger partial charge on any atom is 0.416 e. The summed E-state index contributed by atoms with van der Waals surface area (Å²) in [5.74, 6) is 0.150. The van der Waals surface area contributed by atoms with Crippen molar-refractivity contribution in [3.8, 4) is 11.3 Å². The second kappa shape index (κ2) is 14.0. The number of benzene rings is 4. The molecule has 4 aromatic carbocycles. The van der Waals surface area contributed by atoms with Crippen LogP contribution < -0.4 is 16.0 Å². The van der Waals surface area contributed by atoms with Crippen LogP contribution >= 0.6 is 0 Å². The molecule has 0 bridgehead atoms. The summed E-state index contributed by atoms with van der Waals surface area (Å²) in [6.45, 7) is 5.06. The Morgan fingerprint density at radius 3 is 2.23 bits per heavy atom. The van der Waals surface area contributed by atoms with Gasteiger partial charge in [-0.1, -0.05) is 42.5 Å². The van der Waals surface area contributed by atoms with Crippen LogP contribution in [0.3, 0.4) is 0 Å². The molecule has 0 saturated carbocycles. The molecule has 0 aliphatic carbocycles. The van der Waals surface area contributed by atoms with Crippen LogP contribution in [0.2, 0.25) is 0 Å². The topological polar surface area (TPSA) is 85.4 Å². The highest BCUT2D eigenvalue weighted by molar-refractivity contribution is 6.04. The van der Waals surface area contributed by atoms with Gasteiger partial charge in [0.05, 0.1) is 11.3 Å². The van der Waals surface area contributed by atoms with Crippen LogP contribution in [0, 0.1) is 0 Å². The average Bonchev–Trinajstić information content (AvgIpc) is 3.06. The molecule has 240 valence electrons. The van der Waals surface area contributed by atoms with Gasteiger partial charge in [-0.15, -0.1) is 0 Å². The van der Waals surface area contributed by atoms with Crippen molar-refractivity contribution in [3.05, 3.63) is 126 Å². The summed E-state index contributed by atoms with van der Waals surface area (Å²) in [6.07, 6.45) is -3.09. The number of hydrogen-bond donors (Lipinski definition) is 3. The van der Waals surface area contributed by atoms with Gasteiger partial charge in [0.15, 0.2) is 0 Å². The molecule has 3 N–H and O–H groups in total. The third-order valence-electron chi connectivity index (χ3n) is 7.95. The first kappa shape index (κ1) is 31.7. The number of aromatic nitrogens is 2. The fourth-order valence-electron chi connectivity index (χ4n) is 5.37. The van der Waals surface area contributed by atoms with Gasteiger partial charge in [-0.25, -0.2) is 9.97 Å². The van der Waals surface area contributed by atoms with Crippen molar-refractivity contribution in [2.75, 3.05) is 49.2 Å². The Labute approximate surface area is 271 Å². The fourth-order valence-corrected chi connectivity index (χ4v) is 5.37. The van der Waals surface area contributed by atoms with Gasteiger partial charge in [0.25, 0.3) is 5.91 Å².